The van der Waals surface area contributed by atoms with Crippen molar-refractivity contribution >= 4 is 17.5 Å². The topological polar surface area (TPSA) is 76.5 Å². The molecule has 3 rings (SSSR count). The molecule has 90 valence electrons. The van der Waals surface area contributed by atoms with Gasteiger partial charge in [-0.05, 0) is 24.3 Å². The molecule has 2 N–H and O–H groups in total. The molecule has 1 aliphatic rings. The van der Waals surface area contributed by atoms with Gasteiger partial charge in [0.15, 0.2) is 0 Å². The van der Waals surface area contributed by atoms with Crippen LogP contribution in [-0.2, 0) is 6.54 Å². The zero-order valence-electron chi connectivity index (χ0n) is 9.42. The number of fused-ring (bicyclic) bond motifs is 1. The maximum Gasteiger partial charge on any atom is 0.264 e. The maximum atomic E-state index is 12.1. The fourth-order valence-electron chi connectivity index (χ4n) is 2.06. The summed E-state index contributed by atoms with van der Waals surface area (Å²) in [6.45, 7) is 0.124. The van der Waals surface area contributed by atoms with Crippen molar-refractivity contribution in [1.29, 1.82) is 0 Å². The van der Waals surface area contributed by atoms with Gasteiger partial charge in [-0.25, -0.2) is 0 Å². The number of nitrogens with two attached hydrogens (primary N) is 1. The summed E-state index contributed by atoms with van der Waals surface area (Å²) < 4.78 is 5.14. The molecule has 0 aliphatic carbocycles. The SMILES string of the molecule is Nc1cccc2c1C(=O)N(Cc1ccco1)C2=O. The van der Waals surface area contributed by atoms with Crippen LogP contribution in [-0.4, -0.2) is 16.7 Å². The summed E-state index contributed by atoms with van der Waals surface area (Å²) in [7, 11) is 0. The second kappa shape index (κ2) is 3.73. The number of nitrogens with zero attached hydrogens (tertiary/aromatic N) is 1. The Morgan fingerprint density at radius 3 is 2.61 bits per heavy atom. The molecule has 0 atom stereocenters. The molecule has 0 bridgehead atoms. The molecular weight excluding hydrogens is 232 g/mol. The molecule has 0 radical (unpaired) electrons. The first-order chi connectivity index (χ1) is 8.68. The molecule has 18 heavy (non-hydrogen) atoms. The van der Waals surface area contributed by atoms with Gasteiger partial charge in [-0.1, -0.05) is 6.07 Å². The van der Waals surface area contributed by atoms with E-state index in [4.69, 9.17) is 10.2 Å². The summed E-state index contributed by atoms with van der Waals surface area (Å²) in [5.74, 6) is -0.147. The minimum absolute atomic E-state index is 0.124. The molecule has 5 nitrogen and oxygen atoms in total. The van der Waals surface area contributed by atoms with Gasteiger partial charge in [0, 0.05) is 5.69 Å². The van der Waals surface area contributed by atoms with E-state index in [0.717, 1.165) is 4.90 Å². The Bertz CT molecular complexity index is 632. The molecule has 0 unspecified atom stereocenters. The second-order valence-corrected chi connectivity index (χ2v) is 4.05. The van der Waals surface area contributed by atoms with E-state index in [1.165, 1.54) is 6.26 Å². The maximum absolute atomic E-state index is 12.1. The van der Waals surface area contributed by atoms with E-state index >= 15 is 0 Å². The highest BCUT2D eigenvalue weighted by Crippen LogP contribution is 2.28. The van der Waals surface area contributed by atoms with Crippen LogP contribution in [0.3, 0.4) is 0 Å². The number of benzene rings is 1. The number of rotatable bonds is 2. The monoisotopic (exact) mass is 242 g/mol. The van der Waals surface area contributed by atoms with Gasteiger partial charge in [0.2, 0.25) is 0 Å². The molecule has 1 aromatic heterocycles. The van der Waals surface area contributed by atoms with Crippen LogP contribution in [0.2, 0.25) is 0 Å². The Morgan fingerprint density at radius 1 is 1.11 bits per heavy atom. The van der Waals surface area contributed by atoms with Crippen LogP contribution in [0.15, 0.2) is 41.0 Å². The first-order valence-electron chi connectivity index (χ1n) is 5.45. The molecule has 0 spiro atoms. The lowest BCUT2D eigenvalue weighted by Crippen LogP contribution is -2.29. The Kier molecular flexibility index (Phi) is 2.19. The average Bonchev–Trinajstić information content (AvgIpc) is 2.94. The number of hydrogen-bond donors (Lipinski definition) is 1. The highest BCUT2D eigenvalue weighted by molar-refractivity contribution is 6.23. The number of imide groups is 1. The predicted octanol–water partition coefficient (Wildman–Crippen LogP) is 1.66. The van der Waals surface area contributed by atoms with Gasteiger partial charge in [0.1, 0.15) is 5.76 Å². The van der Waals surface area contributed by atoms with Crippen LogP contribution >= 0.6 is 0 Å². The summed E-state index contributed by atoms with van der Waals surface area (Å²) in [6, 6.07) is 8.30. The van der Waals surface area contributed by atoms with Crippen molar-refractivity contribution in [2.75, 3.05) is 5.73 Å². The van der Waals surface area contributed by atoms with E-state index in [2.05, 4.69) is 0 Å². The Balaban J connectivity index is 2.00. The normalized spacial score (nSPS) is 14.1. The zero-order chi connectivity index (χ0) is 12.7. The van der Waals surface area contributed by atoms with Gasteiger partial charge >= 0.3 is 0 Å². The van der Waals surface area contributed by atoms with Gasteiger partial charge in [-0.15, -0.1) is 0 Å². The predicted molar refractivity (Wildman–Crippen MR) is 63.8 cm³/mol. The fourth-order valence-corrected chi connectivity index (χ4v) is 2.06. The third kappa shape index (κ3) is 1.41. The molecule has 5 heteroatoms. The van der Waals surface area contributed by atoms with E-state index in [9.17, 15) is 9.59 Å². The smallest absolute Gasteiger partial charge is 0.264 e. The highest BCUT2D eigenvalue weighted by Gasteiger charge is 2.37. The Hall–Kier alpha value is -2.56. The number of anilines is 1. The standard InChI is InChI=1S/C13H10N2O3/c14-10-5-1-4-9-11(10)13(17)15(12(9)16)7-8-3-2-6-18-8/h1-6H,7,14H2. The molecular formula is C13H10N2O3. The summed E-state index contributed by atoms with van der Waals surface area (Å²) in [6.07, 6.45) is 1.50. The molecule has 2 amide bonds. The lowest BCUT2D eigenvalue weighted by atomic mass is 10.1. The third-order valence-electron chi connectivity index (χ3n) is 2.93. The first-order valence-corrected chi connectivity index (χ1v) is 5.45. The van der Waals surface area contributed by atoms with E-state index < -0.39 is 0 Å². The van der Waals surface area contributed by atoms with Gasteiger partial charge in [-0.2, -0.15) is 0 Å². The molecule has 1 aliphatic heterocycles. The summed E-state index contributed by atoms with van der Waals surface area (Å²) in [5.41, 5.74) is 6.70. The van der Waals surface area contributed by atoms with Crippen molar-refractivity contribution in [2.45, 2.75) is 6.54 Å². The minimum Gasteiger partial charge on any atom is -0.467 e. The molecule has 0 saturated heterocycles. The second-order valence-electron chi connectivity index (χ2n) is 4.05. The van der Waals surface area contributed by atoms with Crippen molar-refractivity contribution in [2.24, 2.45) is 0 Å². The third-order valence-corrected chi connectivity index (χ3v) is 2.93. The lowest BCUT2D eigenvalue weighted by molar-refractivity contribution is 0.0632. The van der Waals surface area contributed by atoms with Crippen molar-refractivity contribution < 1.29 is 14.0 Å². The van der Waals surface area contributed by atoms with Crippen LogP contribution in [0.5, 0.6) is 0 Å². The van der Waals surface area contributed by atoms with Crippen molar-refractivity contribution in [3.8, 4) is 0 Å². The van der Waals surface area contributed by atoms with E-state index in [1.54, 1.807) is 30.3 Å². The highest BCUT2D eigenvalue weighted by atomic mass is 16.3. The number of carbonyl (C=O) groups excluding carboxylic acids is 2. The summed E-state index contributed by atoms with van der Waals surface area (Å²) in [4.78, 5) is 25.4. The summed E-state index contributed by atoms with van der Waals surface area (Å²) >= 11 is 0. The van der Waals surface area contributed by atoms with Gasteiger partial charge < -0.3 is 10.2 Å². The number of hydrogen-bond acceptors (Lipinski definition) is 4. The van der Waals surface area contributed by atoms with Crippen LogP contribution in [0.1, 0.15) is 26.5 Å². The number of nitrogen functional groups attached to an aromatic ring is 1. The van der Waals surface area contributed by atoms with Crippen molar-refractivity contribution in [3.05, 3.63) is 53.5 Å². The molecule has 1 aromatic carbocycles. The first kappa shape index (κ1) is 10.6. The van der Waals surface area contributed by atoms with E-state index in [-0.39, 0.29) is 23.9 Å². The van der Waals surface area contributed by atoms with Crippen molar-refractivity contribution in [3.63, 3.8) is 0 Å². The quantitative estimate of drug-likeness (QED) is 0.641. The summed E-state index contributed by atoms with van der Waals surface area (Å²) in [5, 5.41) is 0. The van der Waals surface area contributed by atoms with Gasteiger partial charge in [0.25, 0.3) is 11.8 Å². The minimum atomic E-state index is -0.371. The van der Waals surface area contributed by atoms with Crippen LogP contribution in [0.4, 0.5) is 5.69 Å². The average molecular weight is 242 g/mol. The van der Waals surface area contributed by atoms with Crippen LogP contribution < -0.4 is 5.73 Å². The Labute approximate surface area is 103 Å². The van der Waals surface area contributed by atoms with Crippen molar-refractivity contribution in [1.82, 2.24) is 4.90 Å². The number of amides is 2. The largest absolute Gasteiger partial charge is 0.467 e. The Morgan fingerprint density at radius 2 is 1.94 bits per heavy atom. The van der Waals surface area contributed by atoms with E-state index in [1.807, 2.05) is 0 Å². The molecule has 2 aromatic rings. The van der Waals surface area contributed by atoms with Crippen LogP contribution in [0, 0.1) is 0 Å². The fraction of sp³-hybridized carbons (Fsp3) is 0.0769. The zero-order valence-corrected chi connectivity index (χ0v) is 9.42. The molecule has 2 heterocycles. The van der Waals surface area contributed by atoms with Gasteiger partial charge in [0.05, 0.1) is 23.9 Å². The molecule has 0 fully saturated rings. The lowest BCUT2D eigenvalue weighted by Gasteiger charge is -2.11. The van der Waals surface area contributed by atoms with E-state index in [0.29, 0.717) is 17.0 Å². The van der Waals surface area contributed by atoms with Gasteiger partial charge in [-0.3, -0.25) is 14.5 Å². The number of furan rings is 1. The molecule has 0 saturated carbocycles. The number of carbonyl (C=O) groups is 2. The van der Waals surface area contributed by atoms with Crippen LogP contribution in [0.25, 0.3) is 0 Å².